The van der Waals surface area contributed by atoms with Gasteiger partial charge in [-0.15, -0.1) is 23.1 Å². The van der Waals surface area contributed by atoms with Gasteiger partial charge < -0.3 is 30.1 Å². The number of ether oxygens (including phenoxy) is 3. The number of nitrogens with two attached hydrogens (primary N) is 1. The van der Waals surface area contributed by atoms with Crippen molar-refractivity contribution in [3.63, 3.8) is 0 Å². The monoisotopic (exact) mass is 657 g/mol. The van der Waals surface area contributed by atoms with Gasteiger partial charge in [0.15, 0.2) is 10.8 Å². The van der Waals surface area contributed by atoms with Gasteiger partial charge in [-0.1, -0.05) is 11.2 Å². The Hall–Kier alpha value is -4.32. The van der Waals surface area contributed by atoms with Crippen LogP contribution in [0.25, 0.3) is 0 Å². The Balaban J connectivity index is 1.54. The van der Waals surface area contributed by atoms with Gasteiger partial charge in [0.05, 0.1) is 5.41 Å². The van der Waals surface area contributed by atoms with E-state index in [0.717, 1.165) is 34.1 Å². The molecule has 2 atom stereocenters. The molecule has 0 bridgehead atoms. The number of hydrogen-bond acceptors (Lipinski definition) is 13. The molecular weight excluding hydrogens is 631 g/mol. The van der Waals surface area contributed by atoms with E-state index in [1.165, 1.54) is 23.6 Å². The lowest BCUT2D eigenvalue weighted by atomic mass is 9.98. The van der Waals surface area contributed by atoms with E-state index in [2.05, 4.69) is 20.3 Å². The molecule has 1 unspecified atom stereocenters. The smallest absolute Gasteiger partial charge is 0.407 e. The molecule has 44 heavy (non-hydrogen) atoms. The van der Waals surface area contributed by atoms with Gasteiger partial charge in [-0.2, -0.15) is 8.78 Å². The lowest BCUT2D eigenvalue weighted by Crippen LogP contribution is -2.71. The second-order valence-corrected chi connectivity index (χ2v) is 12.2. The number of hydrogen-bond donors (Lipinski definition) is 2. The van der Waals surface area contributed by atoms with Crippen molar-refractivity contribution in [3.05, 3.63) is 52.4 Å². The van der Waals surface area contributed by atoms with Crippen molar-refractivity contribution in [2.45, 2.75) is 38.8 Å². The molecule has 0 radical (unpaired) electrons. The molecule has 1 fully saturated rings. The average Bonchev–Trinajstić information content (AvgIpc) is 3.39. The number of benzene rings is 1. The number of esters is 2. The number of anilines is 1. The van der Waals surface area contributed by atoms with Crippen LogP contribution in [0.15, 0.2) is 46.1 Å². The van der Waals surface area contributed by atoms with Crippen LogP contribution >= 0.6 is 23.1 Å². The lowest BCUT2D eigenvalue weighted by Gasteiger charge is -2.49. The van der Waals surface area contributed by atoms with E-state index < -0.39 is 65.5 Å². The fourth-order valence-electron chi connectivity index (χ4n) is 3.83. The van der Waals surface area contributed by atoms with Crippen molar-refractivity contribution in [1.29, 1.82) is 0 Å². The van der Waals surface area contributed by atoms with Crippen molar-refractivity contribution >= 4 is 57.7 Å². The van der Waals surface area contributed by atoms with E-state index in [1.54, 1.807) is 20.8 Å². The molecule has 3 heterocycles. The number of fused-ring (bicyclic) bond motifs is 1. The van der Waals surface area contributed by atoms with E-state index in [0.29, 0.717) is 5.57 Å². The largest absolute Gasteiger partial charge is 0.489 e. The van der Waals surface area contributed by atoms with Crippen molar-refractivity contribution in [2.24, 2.45) is 10.6 Å². The summed E-state index contributed by atoms with van der Waals surface area (Å²) in [7, 11) is 0. The van der Waals surface area contributed by atoms with Crippen molar-refractivity contribution < 1.29 is 51.4 Å². The highest BCUT2D eigenvalue weighted by Crippen LogP contribution is 2.41. The van der Waals surface area contributed by atoms with Gasteiger partial charge in [-0.3, -0.25) is 19.3 Å². The van der Waals surface area contributed by atoms with Crippen molar-refractivity contribution in [1.82, 2.24) is 15.2 Å². The molecule has 4 rings (SSSR count). The van der Waals surface area contributed by atoms with Crippen molar-refractivity contribution in [3.8, 4) is 5.75 Å². The molecule has 2 aromatic rings. The maximum atomic E-state index is 13.6. The Bertz CT molecular complexity index is 1510. The summed E-state index contributed by atoms with van der Waals surface area (Å²) < 4.78 is 54.8. The lowest BCUT2D eigenvalue weighted by molar-refractivity contribution is -0.173. The van der Waals surface area contributed by atoms with Crippen LogP contribution in [-0.2, 0) is 33.5 Å². The van der Waals surface area contributed by atoms with E-state index >= 15 is 0 Å². The number of thiazole rings is 1. The maximum Gasteiger partial charge on any atom is 0.407 e. The summed E-state index contributed by atoms with van der Waals surface area (Å²) in [5, 5.41) is 6.07. The first kappa shape index (κ1) is 32.6. The summed E-state index contributed by atoms with van der Waals surface area (Å²) in [4.78, 5) is 60.5. The van der Waals surface area contributed by atoms with E-state index in [1.807, 2.05) is 0 Å². The number of β-lactam (4-membered cyclic amide) rings is 1. The van der Waals surface area contributed by atoms with Crippen molar-refractivity contribution in [2.75, 3.05) is 24.9 Å². The minimum Gasteiger partial charge on any atom is -0.489 e. The van der Waals surface area contributed by atoms with Crippen LogP contribution in [-0.4, -0.2) is 76.5 Å². The Kier molecular flexibility index (Phi) is 10.0. The van der Waals surface area contributed by atoms with Crippen LogP contribution in [0.4, 0.5) is 18.3 Å². The summed E-state index contributed by atoms with van der Waals surface area (Å²) in [5.74, 6) is -3.73. The number of nitrogen functional groups attached to an aromatic ring is 1. The van der Waals surface area contributed by atoms with Crippen LogP contribution in [0.3, 0.4) is 0 Å². The van der Waals surface area contributed by atoms with Gasteiger partial charge in [-0.25, -0.2) is 14.2 Å². The predicted molar refractivity (Wildman–Crippen MR) is 151 cm³/mol. The summed E-state index contributed by atoms with van der Waals surface area (Å²) in [5.41, 5.74) is 3.99. The molecule has 2 amide bonds. The summed E-state index contributed by atoms with van der Waals surface area (Å²) in [6.07, 6.45) is 0. The number of halogens is 3. The van der Waals surface area contributed by atoms with Crippen LogP contribution in [0.2, 0.25) is 0 Å². The molecule has 0 aliphatic carbocycles. The summed E-state index contributed by atoms with van der Waals surface area (Å²) in [6.45, 7) is 0.517. The van der Waals surface area contributed by atoms with Crippen LogP contribution in [0.5, 0.6) is 5.75 Å². The van der Waals surface area contributed by atoms with Gasteiger partial charge in [0.2, 0.25) is 6.79 Å². The number of rotatable bonds is 11. The molecular formula is C26H26F3N5O8S2. The highest BCUT2D eigenvalue weighted by atomic mass is 32.2. The molecule has 0 spiro atoms. The third-order valence-corrected chi connectivity index (χ3v) is 7.95. The second-order valence-electron chi connectivity index (χ2n) is 10.2. The van der Waals surface area contributed by atoms with Crippen LogP contribution in [0.1, 0.15) is 26.5 Å². The molecule has 2 aliphatic rings. The zero-order valence-electron chi connectivity index (χ0n) is 23.4. The highest BCUT2D eigenvalue weighted by molar-refractivity contribution is 8.00. The number of oxime groups is 1. The second kappa shape index (κ2) is 13.5. The number of thioether (sulfide) groups is 1. The van der Waals surface area contributed by atoms with Gasteiger partial charge in [0.25, 0.3) is 11.8 Å². The number of carbonyl (C=O) groups is 4. The minimum atomic E-state index is -3.34. The highest BCUT2D eigenvalue weighted by Gasteiger charge is 2.55. The third-order valence-electron chi connectivity index (χ3n) is 5.93. The molecule has 0 saturated carbocycles. The standard InChI is InChI=1S/C26H26F3N5O8S2/c1-26(2,3)23(38)41-11-40-22(37)18-12(8-39-14-6-4-5-13(27)7-14)9-43-21-17(20(36)34(18)21)32-19(35)16(33-42-24(28)29)15-10-44-25(30)31-15/h4-7,10,17,21,24H,8-9,11H2,1-3H3,(H2,30,31)(H,32,35)/b33-16+/t17?,21-/m1/s1. The predicted octanol–water partition coefficient (Wildman–Crippen LogP) is 2.63. The van der Waals surface area contributed by atoms with Gasteiger partial charge >= 0.3 is 18.6 Å². The van der Waals surface area contributed by atoms with Crippen LogP contribution < -0.4 is 15.8 Å². The first-order valence-electron chi connectivity index (χ1n) is 12.7. The Morgan fingerprint density at radius 1 is 1.25 bits per heavy atom. The Morgan fingerprint density at radius 2 is 2.00 bits per heavy atom. The number of alkyl halides is 2. The van der Waals surface area contributed by atoms with Gasteiger partial charge in [-0.05, 0) is 32.9 Å². The fourth-order valence-corrected chi connectivity index (χ4v) is 5.71. The minimum absolute atomic E-state index is 0.0285. The Labute approximate surface area is 256 Å². The maximum absolute atomic E-state index is 13.6. The third kappa shape index (κ3) is 7.60. The van der Waals surface area contributed by atoms with Gasteiger partial charge in [0, 0.05) is 22.8 Å². The van der Waals surface area contributed by atoms with E-state index in [4.69, 9.17) is 19.9 Å². The first-order chi connectivity index (χ1) is 20.8. The SMILES string of the molecule is CC(C)(C)C(=O)OCOC(=O)C1=C(COc2cccc(F)c2)CS[C@@H]2C(NC(=O)/C(=N/OC(F)F)c3csc(N)n3)C(=O)N12. The Morgan fingerprint density at radius 3 is 2.64 bits per heavy atom. The molecule has 1 aromatic carbocycles. The normalized spacial score (nSPS) is 18.4. The molecule has 1 saturated heterocycles. The fraction of sp³-hybridized carbons (Fsp3) is 0.385. The van der Waals surface area contributed by atoms with E-state index in [9.17, 15) is 32.3 Å². The molecule has 1 aromatic heterocycles. The molecule has 13 nitrogen and oxygen atoms in total. The molecule has 2 aliphatic heterocycles. The number of aromatic nitrogens is 1. The average molecular weight is 658 g/mol. The van der Waals surface area contributed by atoms with E-state index in [-0.39, 0.29) is 34.6 Å². The molecule has 236 valence electrons. The number of nitrogens with one attached hydrogen (secondary N) is 1. The first-order valence-corrected chi connectivity index (χ1v) is 14.6. The summed E-state index contributed by atoms with van der Waals surface area (Å²) >= 11 is 2.08. The number of amides is 2. The number of carbonyl (C=O) groups excluding carboxylic acids is 4. The molecule has 3 N–H and O–H groups in total. The topological polar surface area (TPSA) is 172 Å². The van der Waals surface area contributed by atoms with Gasteiger partial charge in [0.1, 0.15) is 41.0 Å². The number of nitrogens with zero attached hydrogens (tertiary/aromatic N) is 3. The zero-order valence-corrected chi connectivity index (χ0v) is 25.0. The summed E-state index contributed by atoms with van der Waals surface area (Å²) in [6, 6.07) is 4.07. The molecule has 18 heteroatoms. The quantitative estimate of drug-likeness (QED) is 0.120. The zero-order chi connectivity index (χ0) is 32.2. The van der Waals surface area contributed by atoms with Crippen LogP contribution in [0, 0.1) is 11.2 Å².